The highest BCUT2D eigenvalue weighted by atomic mass is 32.2. The topological polar surface area (TPSA) is 84.9 Å². The molecule has 33 heavy (non-hydrogen) atoms. The van der Waals surface area contributed by atoms with E-state index in [1.807, 2.05) is 30.3 Å². The Kier molecular flexibility index (Phi) is 6.50. The summed E-state index contributed by atoms with van der Waals surface area (Å²) in [5, 5.41) is 2.80. The molecular weight excluding hydrogens is 447 g/mol. The maximum atomic E-state index is 14.0. The standard InChI is InChI=1S/C24H23FN2O5S/c1-17(18-6-3-2-4-7-18)26-24(28)16-27(20-9-5-8-19(25)14-20)33(29,30)21-10-11-22-23(15-21)32-13-12-31-22/h2-11,14-15,17H,12-13,16H2,1H3,(H,26,28). The van der Waals surface area contributed by atoms with Gasteiger partial charge in [-0.2, -0.15) is 0 Å². The summed E-state index contributed by atoms with van der Waals surface area (Å²) in [4.78, 5) is 12.8. The Hall–Kier alpha value is -3.59. The van der Waals surface area contributed by atoms with Crippen LogP contribution in [0, 0.1) is 5.82 Å². The van der Waals surface area contributed by atoms with Crippen LogP contribution in [-0.2, 0) is 14.8 Å². The van der Waals surface area contributed by atoms with Gasteiger partial charge in [0.15, 0.2) is 11.5 Å². The Morgan fingerprint density at radius 3 is 2.45 bits per heavy atom. The molecule has 0 fully saturated rings. The van der Waals surface area contributed by atoms with Gasteiger partial charge in [0.25, 0.3) is 10.0 Å². The zero-order chi connectivity index (χ0) is 23.4. The summed E-state index contributed by atoms with van der Waals surface area (Å²) in [7, 11) is -4.23. The molecule has 0 bridgehead atoms. The summed E-state index contributed by atoms with van der Waals surface area (Å²) < 4.78 is 52.9. The number of sulfonamides is 1. The van der Waals surface area contributed by atoms with Crippen molar-refractivity contribution in [2.45, 2.75) is 17.9 Å². The average Bonchev–Trinajstić information content (AvgIpc) is 2.82. The van der Waals surface area contributed by atoms with E-state index in [1.165, 1.54) is 36.4 Å². The number of ether oxygens (including phenoxy) is 2. The van der Waals surface area contributed by atoms with Crippen molar-refractivity contribution in [3.05, 3.63) is 84.2 Å². The van der Waals surface area contributed by atoms with Crippen LogP contribution in [0.15, 0.2) is 77.7 Å². The van der Waals surface area contributed by atoms with E-state index in [9.17, 15) is 17.6 Å². The molecule has 1 aliphatic rings. The fourth-order valence-electron chi connectivity index (χ4n) is 3.50. The lowest BCUT2D eigenvalue weighted by molar-refractivity contribution is -0.120. The van der Waals surface area contributed by atoms with Gasteiger partial charge in [-0.3, -0.25) is 9.10 Å². The van der Waals surface area contributed by atoms with Crippen LogP contribution in [0.4, 0.5) is 10.1 Å². The predicted octanol–water partition coefficient (Wildman–Crippen LogP) is 3.67. The monoisotopic (exact) mass is 470 g/mol. The zero-order valence-electron chi connectivity index (χ0n) is 17.9. The Bertz CT molecular complexity index is 1250. The Labute approximate surface area is 191 Å². The maximum absolute atomic E-state index is 14.0. The van der Waals surface area contributed by atoms with Crippen LogP contribution in [-0.4, -0.2) is 34.1 Å². The van der Waals surface area contributed by atoms with E-state index in [4.69, 9.17) is 9.47 Å². The number of halogens is 1. The summed E-state index contributed by atoms with van der Waals surface area (Å²) in [6.45, 7) is 1.94. The van der Waals surface area contributed by atoms with Crippen LogP contribution in [0.25, 0.3) is 0 Å². The second-order valence-electron chi connectivity index (χ2n) is 7.50. The van der Waals surface area contributed by atoms with Gasteiger partial charge in [-0.1, -0.05) is 36.4 Å². The van der Waals surface area contributed by atoms with Gasteiger partial charge in [-0.15, -0.1) is 0 Å². The second-order valence-corrected chi connectivity index (χ2v) is 9.36. The molecular formula is C24H23FN2O5S. The molecule has 0 radical (unpaired) electrons. The van der Waals surface area contributed by atoms with Crippen molar-refractivity contribution in [2.75, 3.05) is 24.1 Å². The van der Waals surface area contributed by atoms with Crippen molar-refractivity contribution in [1.29, 1.82) is 0 Å². The Morgan fingerprint density at radius 2 is 1.73 bits per heavy atom. The number of hydrogen-bond acceptors (Lipinski definition) is 5. The van der Waals surface area contributed by atoms with E-state index >= 15 is 0 Å². The van der Waals surface area contributed by atoms with Crippen molar-refractivity contribution in [3.8, 4) is 11.5 Å². The molecule has 1 amide bonds. The van der Waals surface area contributed by atoms with Gasteiger partial charge in [0.05, 0.1) is 16.6 Å². The highest BCUT2D eigenvalue weighted by Crippen LogP contribution is 2.34. The summed E-state index contributed by atoms with van der Waals surface area (Å²) in [6.07, 6.45) is 0. The van der Waals surface area contributed by atoms with Crippen LogP contribution in [0.5, 0.6) is 11.5 Å². The third-order valence-corrected chi connectivity index (χ3v) is 6.93. The maximum Gasteiger partial charge on any atom is 0.264 e. The first-order chi connectivity index (χ1) is 15.8. The molecule has 1 heterocycles. The summed E-state index contributed by atoms with van der Waals surface area (Å²) >= 11 is 0. The molecule has 172 valence electrons. The number of carbonyl (C=O) groups is 1. The first-order valence-corrected chi connectivity index (χ1v) is 11.8. The predicted molar refractivity (Wildman–Crippen MR) is 121 cm³/mol. The van der Waals surface area contributed by atoms with Gasteiger partial charge in [-0.25, -0.2) is 12.8 Å². The van der Waals surface area contributed by atoms with E-state index in [1.54, 1.807) is 6.92 Å². The molecule has 1 unspecified atom stereocenters. The van der Waals surface area contributed by atoms with Gasteiger partial charge in [-0.05, 0) is 42.8 Å². The van der Waals surface area contributed by atoms with Gasteiger partial charge in [0.1, 0.15) is 25.6 Å². The highest BCUT2D eigenvalue weighted by Gasteiger charge is 2.29. The van der Waals surface area contributed by atoms with Gasteiger partial charge in [0, 0.05) is 6.07 Å². The minimum absolute atomic E-state index is 0.0346. The van der Waals surface area contributed by atoms with E-state index in [-0.39, 0.29) is 16.6 Å². The smallest absolute Gasteiger partial charge is 0.264 e. The van der Waals surface area contributed by atoms with Crippen molar-refractivity contribution >= 4 is 21.6 Å². The molecule has 0 aromatic heterocycles. The summed E-state index contributed by atoms with van der Waals surface area (Å²) in [5.41, 5.74) is 0.908. The van der Waals surface area contributed by atoms with Crippen molar-refractivity contribution in [1.82, 2.24) is 5.32 Å². The number of nitrogens with zero attached hydrogens (tertiary/aromatic N) is 1. The molecule has 0 saturated carbocycles. The lowest BCUT2D eigenvalue weighted by Gasteiger charge is -2.26. The van der Waals surface area contributed by atoms with Crippen LogP contribution in [0.2, 0.25) is 0 Å². The SMILES string of the molecule is CC(NC(=O)CN(c1cccc(F)c1)S(=O)(=O)c1ccc2c(c1)OCCO2)c1ccccc1. The number of carbonyl (C=O) groups excluding carboxylic acids is 1. The molecule has 7 nitrogen and oxygen atoms in total. The minimum Gasteiger partial charge on any atom is -0.486 e. The second kappa shape index (κ2) is 9.50. The number of fused-ring (bicyclic) bond motifs is 1. The number of nitrogens with one attached hydrogen (secondary N) is 1. The van der Waals surface area contributed by atoms with Crippen LogP contribution >= 0.6 is 0 Å². The van der Waals surface area contributed by atoms with Gasteiger partial charge in [0.2, 0.25) is 5.91 Å². The quantitative estimate of drug-likeness (QED) is 0.570. The fraction of sp³-hybridized carbons (Fsp3) is 0.208. The fourth-order valence-corrected chi connectivity index (χ4v) is 4.93. The molecule has 0 saturated heterocycles. The number of hydrogen-bond donors (Lipinski definition) is 1. The van der Waals surface area contributed by atoms with E-state index in [0.29, 0.717) is 24.7 Å². The molecule has 1 aliphatic heterocycles. The third kappa shape index (κ3) is 5.09. The first-order valence-electron chi connectivity index (χ1n) is 10.4. The zero-order valence-corrected chi connectivity index (χ0v) is 18.7. The van der Waals surface area contributed by atoms with E-state index in [0.717, 1.165) is 15.9 Å². The Morgan fingerprint density at radius 1 is 1.00 bits per heavy atom. The number of rotatable bonds is 7. The number of amides is 1. The molecule has 0 spiro atoms. The van der Waals surface area contributed by atoms with Gasteiger partial charge < -0.3 is 14.8 Å². The molecule has 1 N–H and O–H groups in total. The van der Waals surface area contributed by atoms with Gasteiger partial charge >= 0.3 is 0 Å². The largest absolute Gasteiger partial charge is 0.486 e. The molecule has 4 rings (SSSR count). The molecule has 1 atom stereocenters. The Balaban J connectivity index is 1.64. The lowest BCUT2D eigenvalue weighted by atomic mass is 10.1. The minimum atomic E-state index is -4.23. The molecule has 3 aromatic carbocycles. The van der Waals surface area contributed by atoms with Crippen LogP contribution in [0.1, 0.15) is 18.5 Å². The first kappa shape index (κ1) is 22.6. The summed E-state index contributed by atoms with van der Waals surface area (Å²) in [6, 6.07) is 18.3. The van der Waals surface area contributed by atoms with Crippen molar-refractivity contribution in [3.63, 3.8) is 0 Å². The number of benzene rings is 3. The van der Waals surface area contributed by atoms with Crippen molar-refractivity contribution in [2.24, 2.45) is 0 Å². The van der Waals surface area contributed by atoms with Crippen molar-refractivity contribution < 1.29 is 27.1 Å². The summed E-state index contributed by atoms with van der Waals surface area (Å²) in [5.74, 6) is -0.416. The normalized spacial score (nSPS) is 13.8. The van der Waals surface area contributed by atoms with E-state index in [2.05, 4.69) is 5.32 Å². The average molecular weight is 471 g/mol. The lowest BCUT2D eigenvalue weighted by Crippen LogP contribution is -2.41. The molecule has 9 heteroatoms. The molecule has 3 aromatic rings. The van der Waals surface area contributed by atoms with E-state index < -0.39 is 28.3 Å². The molecule has 0 aliphatic carbocycles. The van der Waals surface area contributed by atoms with Crippen LogP contribution < -0.4 is 19.1 Å². The van der Waals surface area contributed by atoms with Crippen LogP contribution in [0.3, 0.4) is 0 Å². The highest BCUT2D eigenvalue weighted by molar-refractivity contribution is 7.92. The number of anilines is 1. The third-order valence-electron chi connectivity index (χ3n) is 5.16.